The van der Waals surface area contributed by atoms with Gasteiger partial charge in [0.05, 0.1) is 21.3 Å². The first-order valence-electron chi connectivity index (χ1n) is 7.04. The normalized spacial score (nSPS) is 12.2. The van der Waals surface area contributed by atoms with E-state index in [1.807, 2.05) is 18.2 Å². The fourth-order valence-electron chi connectivity index (χ4n) is 2.09. The number of rotatable bonds is 6. The van der Waals surface area contributed by atoms with E-state index < -0.39 is 6.04 Å². The number of amides is 1. The minimum atomic E-state index is -0.431. The Morgan fingerprint density at radius 2 is 2.18 bits per heavy atom. The maximum Gasteiger partial charge on any atom is 0.236 e. The van der Waals surface area contributed by atoms with Gasteiger partial charge in [0.1, 0.15) is 0 Å². The van der Waals surface area contributed by atoms with Gasteiger partial charge in [0.15, 0.2) is 0 Å². The van der Waals surface area contributed by atoms with Crippen LogP contribution >= 0.6 is 35.3 Å². The van der Waals surface area contributed by atoms with Crippen LogP contribution in [0.15, 0.2) is 18.2 Å². The zero-order chi connectivity index (χ0) is 15.4. The highest BCUT2D eigenvalue weighted by atomic mass is 35.5. The van der Waals surface area contributed by atoms with Crippen LogP contribution in [0.3, 0.4) is 0 Å². The van der Waals surface area contributed by atoms with Gasteiger partial charge < -0.3 is 11.1 Å². The van der Waals surface area contributed by atoms with Crippen LogP contribution in [-0.4, -0.2) is 23.5 Å². The second-order valence-corrected chi connectivity index (χ2v) is 7.05. The van der Waals surface area contributed by atoms with Crippen LogP contribution in [0, 0.1) is 5.92 Å². The Kier molecular flexibility index (Phi) is 7.56. The Hall–Kier alpha value is -0.880. The van der Waals surface area contributed by atoms with Crippen LogP contribution in [0.4, 0.5) is 0 Å². The SMILES string of the molecule is CC(C)C[C@H](N)C(=O)NCCc1nc2cc(Cl)ccc2s1.Cl. The van der Waals surface area contributed by atoms with Gasteiger partial charge in [-0.3, -0.25) is 4.79 Å². The van der Waals surface area contributed by atoms with Gasteiger partial charge in [-0.2, -0.15) is 0 Å². The highest BCUT2D eigenvalue weighted by Crippen LogP contribution is 2.25. The number of hydrogen-bond acceptors (Lipinski definition) is 4. The number of carbonyl (C=O) groups is 1. The van der Waals surface area contributed by atoms with Crippen molar-refractivity contribution < 1.29 is 4.79 Å². The number of nitrogens with zero attached hydrogens (tertiary/aromatic N) is 1. The molecule has 2 aromatic rings. The highest BCUT2D eigenvalue weighted by molar-refractivity contribution is 7.18. The summed E-state index contributed by atoms with van der Waals surface area (Å²) in [4.78, 5) is 16.3. The van der Waals surface area contributed by atoms with E-state index >= 15 is 0 Å². The average molecular weight is 362 g/mol. The van der Waals surface area contributed by atoms with E-state index in [1.54, 1.807) is 11.3 Å². The van der Waals surface area contributed by atoms with Crippen LogP contribution in [-0.2, 0) is 11.2 Å². The van der Waals surface area contributed by atoms with Crippen molar-refractivity contribution in [3.05, 3.63) is 28.2 Å². The lowest BCUT2D eigenvalue weighted by atomic mass is 10.0. The Morgan fingerprint density at radius 3 is 2.86 bits per heavy atom. The fraction of sp³-hybridized carbons (Fsp3) is 0.467. The first-order valence-corrected chi connectivity index (χ1v) is 8.23. The van der Waals surface area contributed by atoms with Crippen molar-refractivity contribution in [2.45, 2.75) is 32.7 Å². The number of nitrogens with two attached hydrogens (primary N) is 1. The van der Waals surface area contributed by atoms with Crippen molar-refractivity contribution in [1.29, 1.82) is 0 Å². The second-order valence-electron chi connectivity index (χ2n) is 5.50. The molecule has 3 N–H and O–H groups in total. The molecule has 0 fully saturated rings. The van der Waals surface area contributed by atoms with Crippen LogP contribution in [0.2, 0.25) is 5.02 Å². The van der Waals surface area contributed by atoms with Gasteiger partial charge in [-0.1, -0.05) is 25.4 Å². The predicted molar refractivity (Wildman–Crippen MR) is 96.0 cm³/mol. The molecule has 22 heavy (non-hydrogen) atoms. The first kappa shape index (κ1) is 19.2. The number of fused-ring (bicyclic) bond motifs is 1. The maximum atomic E-state index is 11.8. The smallest absolute Gasteiger partial charge is 0.236 e. The molecular weight excluding hydrogens is 341 g/mol. The number of benzene rings is 1. The summed E-state index contributed by atoms with van der Waals surface area (Å²) in [7, 11) is 0. The predicted octanol–water partition coefficient (Wildman–Crippen LogP) is 3.40. The van der Waals surface area contributed by atoms with Crippen LogP contribution in [0.5, 0.6) is 0 Å². The average Bonchev–Trinajstić information content (AvgIpc) is 2.79. The van der Waals surface area contributed by atoms with E-state index in [2.05, 4.69) is 24.1 Å². The van der Waals surface area contributed by atoms with Crippen LogP contribution in [0.25, 0.3) is 10.2 Å². The molecule has 0 saturated carbocycles. The molecule has 0 bridgehead atoms. The van der Waals surface area contributed by atoms with Crippen molar-refractivity contribution >= 4 is 51.5 Å². The third-order valence-corrected chi connectivity index (χ3v) is 4.43. The van der Waals surface area contributed by atoms with Gasteiger partial charge in [0, 0.05) is 18.0 Å². The number of aromatic nitrogens is 1. The quantitative estimate of drug-likeness (QED) is 0.828. The number of nitrogens with one attached hydrogen (secondary N) is 1. The number of carbonyl (C=O) groups excluding carboxylic acids is 1. The first-order chi connectivity index (χ1) is 9.95. The van der Waals surface area contributed by atoms with Gasteiger partial charge in [0.2, 0.25) is 5.91 Å². The third-order valence-electron chi connectivity index (χ3n) is 3.09. The molecule has 0 spiro atoms. The van der Waals surface area contributed by atoms with Gasteiger partial charge in [-0.05, 0) is 30.5 Å². The highest BCUT2D eigenvalue weighted by Gasteiger charge is 2.14. The Balaban J connectivity index is 0.00000242. The monoisotopic (exact) mass is 361 g/mol. The number of hydrogen-bond donors (Lipinski definition) is 2. The largest absolute Gasteiger partial charge is 0.354 e. The third kappa shape index (κ3) is 5.39. The molecule has 7 heteroatoms. The minimum Gasteiger partial charge on any atom is -0.354 e. The molecule has 0 unspecified atom stereocenters. The summed E-state index contributed by atoms with van der Waals surface area (Å²) in [5.74, 6) is 0.326. The van der Waals surface area contributed by atoms with Crippen molar-refractivity contribution in [3.63, 3.8) is 0 Å². The van der Waals surface area contributed by atoms with Gasteiger partial charge >= 0.3 is 0 Å². The van der Waals surface area contributed by atoms with Gasteiger partial charge in [-0.15, -0.1) is 23.7 Å². The molecule has 1 atom stereocenters. The summed E-state index contributed by atoms with van der Waals surface area (Å²) < 4.78 is 1.11. The summed E-state index contributed by atoms with van der Waals surface area (Å²) in [5.41, 5.74) is 6.74. The Labute approximate surface area is 145 Å². The molecule has 1 amide bonds. The fourth-order valence-corrected chi connectivity index (χ4v) is 3.21. The Bertz CT molecular complexity index is 630. The molecule has 0 aliphatic rings. The molecule has 4 nitrogen and oxygen atoms in total. The molecule has 1 heterocycles. The molecule has 1 aromatic carbocycles. The molecule has 0 saturated heterocycles. The topological polar surface area (TPSA) is 68.0 Å². The lowest BCUT2D eigenvalue weighted by Crippen LogP contribution is -2.42. The second kappa shape index (κ2) is 8.67. The summed E-state index contributed by atoms with van der Waals surface area (Å²) in [6, 6.07) is 5.25. The molecular formula is C15H21Cl2N3OS. The summed E-state index contributed by atoms with van der Waals surface area (Å²) in [5, 5.41) is 4.55. The van der Waals surface area contributed by atoms with E-state index in [0.717, 1.165) is 15.2 Å². The van der Waals surface area contributed by atoms with Crippen molar-refractivity contribution in [1.82, 2.24) is 10.3 Å². The molecule has 0 aliphatic heterocycles. The zero-order valence-corrected chi connectivity index (χ0v) is 15.0. The zero-order valence-electron chi connectivity index (χ0n) is 12.6. The van der Waals surface area contributed by atoms with E-state index in [9.17, 15) is 4.79 Å². The summed E-state index contributed by atoms with van der Waals surface area (Å²) >= 11 is 7.57. The summed E-state index contributed by atoms with van der Waals surface area (Å²) in [6.07, 6.45) is 1.41. The molecule has 122 valence electrons. The standard InChI is InChI=1S/C15H20ClN3OS.ClH/c1-9(2)7-11(17)15(20)18-6-5-14-19-12-8-10(16)3-4-13(12)21-14;/h3-4,8-9,11H,5-7,17H2,1-2H3,(H,18,20);1H/t11-;/m0./s1. The number of thiazole rings is 1. The van der Waals surface area contributed by atoms with E-state index in [-0.39, 0.29) is 18.3 Å². The van der Waals surface area contributed by atoms with Gasteiger partial charge in [-0.25, -0.2) is 4.98 Å². The van der Waals surface area contributed by atoms with E-state index in [1.165, 1.54) is 0 Å². The molecule has 2 rings (SSSR count). The van der Waals surface area contributed by atoms with Gasteiger partial charge in [0.25, 0.3) is 0 Å². The van der Waals surface area contributed by atoms with Crippen LogP contribution < -0.4 is 11.1 Å². The van der Waals surface area contributed by atoms with E-state index in [4.69, 9.17) is 17.3 Å². The van der Waals surface area contributed by atoms with E-state index in [0.29, 0.717) is 30.3 Å². The molecule has 0 aliphatic carbocycles. The lowest BCUT2D eigenvalue weighted by Gasteiger charge is -2.13. The number of halogens is 2. The molecule has 0 radical (unpaired) electrons. The van der Waals surface area contributed by atoms with Crippen molar-refractivity contribution in [3.8, 4) is 0 Å². The van der Waals surface area contributed by atoms with Crippen LogP contribution in [0.1, 0.15) is 25.3 Å². The molecule has 1 aromatic heterocycles. The minimum absolute atomic E-state index is 0. The van der Waals surface area contributed by atoms with Crippen molar-refractivity contribution in [2.75, 3.05) is 6.54 Å². The van der Waals surface area contributed by atoms with Crippen molar-refractivity contribution in [2.24, 2.45) is 11.7 Å². The Morgan fingerprint density at radius 1 is 1.45 bits per heavy atom. The lowest BCUT2D eigenvalue weighted by molar-refractivity contribution is -0.122. The maximum absolute atomic E-state index is 11.8. The summed E-state index contributed by atoms with van der Waals surface area (Å²) in [6.45, 7) is 4.66.